The molecule has 0 N–H and O–H groups in total. The van der Waals surface area contributed by atoms with E-state index in [1.807, 2.05) is 34.8 Å². The normalized spacial score (nSPS) is 21.1. The lowest BCUT2D eigenvalue weighted by molar-refractivity contribution is -0.152. The largest absolute Gasteiger partial charge is 0.348 e. The number of carbonyl (C=O) groups excluding carboxylic acids is 1. The van der Waals surface area contributed by atoms with E-state index in [-0.39, 0.29) is 11.4 Å². The standard InChI is InChI=1S/C18H23N5OS/c1-21-10-11-23(14-15-3-2-6-19-13-15)16(24)18(21)4-8-22(9-5-18)17-20-7-12-25-17/h2-3,6-7,12-13H,4-5,8-11,14H2,1H3. The molecule has 1 amide bonds. The first kappa shape index (κ1) is 16.5. The first-order valence-corrected chi connectivity index (χ1v) is 9.61. The highest BCUT2D eigenvalue weighted by atomic mass is 32.1. The smallest absolute Gasteiger partial charge is 0.243 e. The summed E-state index contributed by atoms with van der Waals surface area (Å²) in [6.45, 7) is 4.11. The van der Waals surface area contributed by atoms with Crippen LogP contribution >= 0.6 is 11.3 Å². The van der Waals surface area contributed by atoms with Crippen molar-refractivity contribution in [1.82, 2.24) is 19.8 Å². The van der Waals surface area contributed by atoms with Crippen LogP contribution in [0, 0.1) is 0 Å². The van der Waals surface area contributed by atoms with Gasteiger partial charge in [0.25, 0.3) is 0 Å². The maximum absolute atomic E-state index is 13.3. The van der Waals surface area contributed by atoms with Crippen LogP contribution in [0.4, 0.5) is 5.13 Å². The van der Waals surface area contributed by atoms with Crippen molar-refractivity contribution < 1.29 is 4.79 Å². The van der Waals surface area contributed by atoms with Gasteiger partial charge in [0.2, 0.25) is 5.91 Å². The van der Waals surface area contributed by atoms with Crippen molar-refractivity contribution in [2.45, 2.75) is 24.9 Å². The average Bonchev–Trinajstić information content (AvgIpc) is 3.19. The molecule has 2 aliphatic heterocycles. The third-order valence-corrected chi connectivity index (χ3v) is 6.33. The highest BCUT2D eigenvalue weighted by Gasteiger charge is 2.49. The maximum atomic E-state index is 13.3. The number of piperidine rings is 1. The number of likely N-dealkylation sites (N-methyl/N-ethyl adjacent to an activating group) is 1. The molecule has 2 aromatic rings. The van der Waals surface area contributed by atoms with E-state index >= 15 is 0 Å². The number of amides is 1. The van der Waals surface area contributed by atoms with Gasteiger partial charge in [-0.25, -0.2) is 4.98 Å². The van der Waals surface area contributed by atoms with Crippen molar-refractivity contribution in [3.05, 3.63) is 41.7 Å². The molecule has 0 saturated carbocycles. The molecule has 2 aromatic heterocycles. The lowest BCUT2D eigenvalue weighted by Gasteiger charge is -2.51. The van der Waals surface area contributed by atoms with E-state index < -0.39 is 0 Å². The molecule has 0 aromatic carbocycles. The minimum absolute atomic E-state index is 0.267. The van der Waals surface area contributed by atoms with Gasteiger partial charge >= 0.3 is 0 Å². The average molecular weight is 357 g/mol. The second-order valence-corrected chi connectivity index (χ2v) is 7.72. The zero-order chi connectivity index (χ0) is 17.3. The van der Waals surface area contributed by atoms with Gasteiger partial charge in [-0.1, -0.05) is 6.07 Å². The summed E-state index contributed by atoms with van der Waals surface area (Å²) < 4.78 is 0. The Morgan fingerprint density at radius 1 is 1.20 bits per heavy atom. The van der Waals surface area contributed by atoms with E-state index in [1.165, 1.54) is 0 Å². The Hall–Kier alpha value is -1.99. The number of pyridine rings is 1. The van der Waals surface area contributed by atoms with Gasteiger partial charge in [-0.15, -0.1) is 11.3 Å². The van der Waals surface area contributed by atoms with Crippen molar-refractivity contribution >= 4 is 22.4 Å². The number of anilines is 1. The molecule has 4 heterocycles. The van der Waals surface area contributed by atoms with Crippen LogP contribution in [0.15, 0.2) is 36.1 Å². The van der Waals surface area contributed by atoms with Gasteiger partial charge in [0.05, 0.1) is 0 Å². The fourth-order valence-corrected chi connectivity index (χ4v) is 4.64. The van der Waals surface area contributed by atoms with Crippen LogP contribution in [0.25, 0.3) is 0 Å². The molecule has 1 spiro atoms. The van der Waals surface area contributed by atoms with Crippen molar-refractivity contribution in [1.29, 1.82) is 0 Å². The Morgan fingerprint density at radius 3 is 2.72 bits per heavy atom. The second-order valence-electron chi connectivity index (χ2n) is 6.84. The number of piperazine rings is 1. The Labute approximate surface area is 152 Å². The molecule has 0 radical (unpaired) electrons. The quantitative estimate of drug-likeness (QED) is 0.839. The van der Waals surface area contributed by atoms with Crippen molar-refractivity contribution in [2.24, 2.45) is 0 Å². The van der Waals surface area contributed by atoms with Crippen LogP contribution in [-0.2, 0) is 11.3 Å². The van der Waals surface area contributed by atoms with E-state index in [1.54, 1.807) is 17.5 Å². The molecular weight excluding hydrogens is 334 g/mol. The van der Waals surface area contributed by atoms with E-state index in [9.17, 15) is 4.79 Å². The molecule has 132 valence electrons. The molecule has 0 unspecified atom stereocenters. The Kier molecular flexibility index (Phi) is 4.43. The topological polar surface area (TPSA) is 52.6 Å². The van der Waals surface area contributed by atoms with E-state index in [0.29, 0.717) is 6.54 Å². The van der Waals surface area contributed by atoms with Crippen LogP contribution in [0.5, 0.6) is 0 Å². The second kappa shape index (κ2) is 6.72. The zero-order valence-electron chi connectivity index (χ0n) is 14.5. The summed E-state index contributed by atoms with van der Waals surface area (Å²) in [6, 6.07) is 3.97. The lowest BCUT2D eigenvalue weighted by atomic mass is 9.83. The first-order chi connectivity index (χ1) is 12.2. The van der Waals surface area contributed by atoms with Crippen LogP contribution in [0.1, 0.15) is 18.4 Å². The molecule has 2 saturated heterocycles. The van der Waals surface area contributed by atoms with Crippen LogP contribution < -0.4 is 4.90 Å². The van der Waals surface area contributed by atoms with Gasteiger partial charge in [0.1, 0.15) is 5.54 Å². The molecule has 0 atom stereocenters. The van der Waals surface area contributed by atoms with Gasteiger partial charge in [-0.2, -0.15) is 0 Å². The summed E-state index contributed by atoms with van der Waals surface area (Å²) in [5, 5.41) is 3.07. The number of thiazole rings is 1. The molecule has 0 bridgehead atoms. The van der Waals surface area contributed by atoms with Gasteiger partial charge in [0.15, 0.2) is 5.13 Å². The summed E-state index contributed by atoms with van der Waals surface area (Å²) in [6.07, 6.45) is 7.17. The van der Waals surface area contributed by atoms with Crippen LogP contribution in [-0.4, -0.2) is 64.4 Å². The number of nitrogens with zero attached hydrogens (tertiary/aromatic N) is 5. The molecule has 2 aliphatic rings. The van der Waals surface area contributed by atoms with Gasteiger partial charge in [0, 0.05) is 56.7 Å². The Balaban J connectivity index is 1.49. The highest BCUT2D eigenvalue weighted by Crippen LogP contribution is 2.35. The van der Waals surface area contributed by atoms with E-state index in [2.05, 4.69) is 26.8 Å². The zero-order valence-corrected chi connectivity index (χ0v) is 15.3. The molecule has 6 nitrogen and oxygen atoms in total. The summed E-state index contributed by atoms with van der Waals surface area (Å²) in [5.74, 6) is 0.267. The number of hydrogen-bond acceptors (Lipinski definition) is 6. The van der Waals surface area contributed by atoms with Crippen LogP contribution in [0.2, 0.25) is 0 Å². The summed E-state index contributed by atoms with van der Waals surface area (Å²) in [5.41, 5.74) is 0.726. The van der Waals surface area contributed by atoms with Crippen molar-refractivity contribution in [3.8, 4) is 0 Å². The van der Waals surface area contributed by atoms with Gasteiger partial charge in [-0.3, -0.25) is 14.7 Å². The number of aromatic nitrogens is 2. The summed E-state index contributed by atoms with van der Waals surface area (Å²) in [7, 11) is 2.10. The van der Waals surface area contributed by atoms with Crippen molar-refractivity contribution in [2.75, 3.05) is 38.1 Å². The van der Waals surface area contributed by atoms with E-state index in [4.69, 9.17) is 0 Å². The van der Waals surface area contributed by atoms with Gasteiger partial charge < -0.3 is 9.80 Å². The predicted molar refractivity (Wildman–Crippen MR) is 98.6 cm³/mol. The predicted octanol–water partition coefficient (Wildman–Crippen LogP) is 1.85. The summed E-state index contributed by atoms with van der Waals surface area (Å²) >= 11 is 1.67. The molecule has 4 rings (SSSR count). The fourth-order valence-electron chi connectivity index (χ4n) is 3.94. The maximum Gasteiger partial charge on any atom is 0.243 e. The summed E-state index contributed by atoms with van der Waals surface area (Å²) in [4.78, 5) is 28.5. The number of carbonyl (C=O) groups is 1. The van der Waals surface area contributed by atoms with Crippen LogP contribution in [0.3, 0.4) is 0 Å². The molecule has 0 aliphatic carbocycles. The monoisotopic (exact) mass is 357 g/mol. The number of rotatable bonds is 3. The SMILES string of the molecule is CN1CCN(Cc2cccnc2)C(=O)C12CCN(c1nccs1)CC2. The lowest BCUT2D eigenvalue weighted by Crippen LogP contribution is -2.67. The molecule has 7 heteroatoms. The highest BCUT2D eigenvalue weighted by molar-refractivity contribution is 7.13. The van der Waals surface area contributed by atoms with Crippen molar-refractivity contribution in [3.63, 3.8) is 0 Å². The molecule has 2 fully saturated rings. The first-order valence-electron chi connectivity index (χ1n) is 8.73. The molecular formula is C18H23N5OS. The minimum atomic E-state index is -0.367. The van der Waals surface area contributed by atoms with E-state index in [0.717, 1.165) is 49.7 Å². The minimum Gasteiger partial charge on any atom is -0.348 e. The van der Waals surface area contributed by atoms with Gasteiger partial charge in [-0.05, 0) is 31.5 Å². The Bertz CT molecular complexity index is 712. The third-order valence-electron chi connectivity index (χ3n) is 5.50. The third kappa shape index (κ3) is 3.02. The Morgan fingerprint density at radius 2 is 2.04 bits per heavy atom. The number of hydrogen-bond donors (Lipinski definition) is 0. The fraction of sp³-hybridized carbons (Fsp3) is 0.500. The molecule has 25 heavy (non-hydrogen) atoms.